The molecule has 0 nitrogen and oxygen atoms in total. The van der Waals surface area contributed by atoms with Crippen LogP contribution in [-0.2, 0) is 0 Å². The van der Waals surface area contributed by atoms with Crippen molar-refractivity contribution in [1.29, 1.82) is 0 Å². The molecule has 2 aromatic rings. The van der Waals surface area contributed by atoms with Gasteiger partial charge in [0.2, 0.25) is 0 Å². The van der Waals surface area contributed by atoms with E-state index in [-0.39, 0.29) is 0 Å². The maximum absolute atomic E-state index is 5.86. The molecule has 0 aromatic heterocycles. The van der Waals surface area contributed by atoms with Crippen molar-refractivity contribution in [2.45, 2.75) is 4.90 Å². The molecule has 0 spiro atoms. The van der Waals surface area contributed by atoms with Crippen LogP contribution in [0.2, 0.25) is 5.02 Å². The normalized spacial score (nSPS) is 10.4. The van der Waals surface area contributed by atoms with Gasteiger partial charge in [0.1, 0.15) is 7.85 Å². The fraction of sp³-hybridized carbons (Fsp3) is 0.0769. The largest absolute Gasteiger partial charge is 0.130 e. The summed E-state index contributed by atoms with van der Waals surface area (Å²) in [7, 11) is 5.86. The molecule has 3 heteroatoms. The molecule has 2 radical (unpaired) electrons. The third-order valence-electron chi connectivity index (χ3n) is 2.41. The zero-order chi connectivity index (χ0) is 11.5. The number of thioether (sulfide) groups is 1. The van der Waals surface area contributed by atoms with Crippen molar-refractivity contribution in [3.63, 3.8) is 0 Å². The highest BCUT2D eigenvalue weighted by Crippen LogP contribution is 2.24. The topological polar surface area (TPSA) is 0 Å². The van der Waals surface area contributed by atoms with Crippen molar-refractivity contribution in [3.8, 4) is 11.1 Å². The molecule has 0 fully saturated rings. The van der Waals surface area contributed by atoms with Gasteiger partial charge in [-0.05, 0) is 35.6 Å². The molecule has 0 saturated heterocycles. The number of benzene rings is 2. The summed E-state index contributed by atoms with van der Waals surface area (Å²) in [4.78, 5) is 1.10. The fourth-order valence-corrected chi connectivity index (χ4v) is 2.21. The molecule has 0 heterocycles. The van der Waals surface area contributed by atoms with Crippen LogP contribution in [0.5, 0.6) is 0 Å². The molecule has 0 bridgehead atoms. The van der Waals surface area contributed by atoms with Gasteiger partial charge in [0.25, 0.3) is 0 Å². The molecule has 78 valence electrons. The number of hydrogen-bond donors (Lipinski definition) is 0. The van der Waals surface area contributed by atoms with Crippen molar-refractivity contribution < 1.29 is 0 Å². The molecule has 2 rings (SSSR count). The Morgan fingerprint density at radius 3 is 2.25 bits per heavy atom. The van der Waals surface area contributed by atoms with Crippen LogP contribution in [0.3, 0.4) is 0 Å². The first-order valence-corrected chi connectivity index (χ1v) is 6.50. The summed E-state index contributed by atoms with van der Waals surface area (Å²) in [6, 6.07) is 13.9. The SMILES string of the molecule is [B]c1ccc(-c2ccc(Cl)cc2)cc1SC. The third-order valence-corrected chi connectivity index (χ3v) is 3.46. The molecule has 0 saturated carbocycles. The monoisotopic (exact) mass is 244 g/mol. The highest BCUT2D eigenvalue weighted by Gasteiger charge is 2.01. The van der Waals surface area contributed by atoms with E-state index >= 15 is 0 Å². The summed E-state index contributed by atoms with van der Waals surface area (Å²) >= 11 is 7.52. The van der Waals surface area contributed by atoms with Gasteiger partial charge in [-0.25, -0.2) is 0 Å². The van der Waals surface area contributed by atoms with Gasteiger partial charge < -0.3 is 0 Å². The third kappa shape index (κ3) is 2.45. The van der Waals surface area contributed by atoms with Crippen LogP contribution < -0.4 is 5.46 Å². The van der Waals surface area contributed by atoms with Crippen molar-refractivity contribution in [2.24, 2.45) is 0 Å². The predicted molar refractivity (Wildman–Crippen MR) is 74.1 cm³/mol. The Labute approximate surface area is 106 Å². The summed E-state index contributed by atoms with van der Waals surface area (Å²) in [6.07, 6.45) is 2.03. The molecule has 0 atom stereocenters. The van der Waals surface area contributed by atoms with Crippen LogP contribution >= 0.6 is 23.4 Å². The molecular formula is C13H10BClS. The Morgan fingerprint density at radius 1 is 1.00 bits per heavy atom. The standard InChI is InChI=1S/C13H10BClS/c1-16-13-8-10(4-7-12(13)14)9-2-5-11(15)6-3-9/h2-8H,1H3. The minimum atomic E-state index is 0.754. The summed E-state index contributed by atoms with van der Waals surface area (Å²) in [5.41, 5.74) is 3.14. The highest BCUT2D eigenvalue weighted by molar-refractivity contribution is 7.98. The van der Waals surface area contributed by atoms with Crippen LogP contribution in [-0.4, -0.2) is 14.1 Å². The van der Waals surface area contributed by atoms with E-state index in [1.165, 1.54) is 0 Å². The van der Waals surface area contributed by atoms with Crippen LogP contribution in [0.15, 0.2) is 47.4 Å². The van der Waals surface area contributed by atoms with Crippen molar-refractivity contribution in [2.75, 3.05) is 6.26 Å². The number of halogens is 1. The van der Waals surface area contributed by atoms with Gasteiger partial charge >= 0.3 is 0 Å². The first kappa shape index (κ1) is 11.6. The van der Waals surface area contributed by atoms with Gasteiger partial charge in [0.15, 0.2) is 0 Å². The maximum atomic E-state index is 5.86. The average molecular weight is 245 g/mol. The lowest BCUT2D eigenvalue weighted by Crippen LogP contribution is -2.04. The highest BCUT2D eigenvalue weighted by atomic mass is 35.5. The number of rotatable bonds is 2. The molecule has 0 aliphatic rings. The van der Waals surface area contributed by atoms with E-state index in [0.717, 1.165) is 26.5 Å². The minimum absolute atomic E-state index is 0.754. The van der Waals surface area contributed by atoms with Crippen LogP contribution in [0.1, 0.15) is 0 Å². The summed E-state index contributed by atoms with van der Waals surface area (Å²) in [5.74, 6) is 0. The van der Waals surface area contributed by atoms with Crippen LogP contribution in [0.25, 0.3) is 11.1 Å². The van der Waals surface area contributed by atoms with E-state index in [4.69, 9.17) is 19.4 Å². The zero-order valence-corrected chi connectivity index (χ0v) is 10.5. The van der Waals surface area contributed by atoms with Crippen LogP contribution in [0, 0.1) is 0 Å². The lowest BCUT2D eigenvalue weighted by molar-refractivity contribution is 1.51. The second-order valence-corrected chi connectivity index (χ2v) is 4.75. The fourth-order valence-electron chi connectivity index (χ4n) is 1.53. The first-order valence-electron chi connectivity index (χ1n) is 4.90. The number of hydrogen-bond acceptors (Lipinski definition) is 1. The van der Waals surface area contributed by atoms with E-state index in [1.54, 1.807) is 11.8 Å². The smallest absolute Gasteiger partial charge is 0.115 e. The van der Waals surface area contributed by atoms with E-state index in [9.17, 15) is 0 Å². The second kappa shape index (κ2) is 4.98. The summed E-state index contributed by atoms with van der Waals surface area (Å²) in [5, 5.41) is 0.754. The maximum Gasteiger partial charge on any atom is 0.115 e. The van der Waals surface area contributed by atoms with Crippen molar-refractivity contribution in [3.05, 3.63) is 47.5 Å². The lowest BCUT2D eigenvalue weighted by Gasteiger charge is -2.07. The molecule has 0 N–H and O–H groups in total. The van der Waals surface area contributed by atoms with Crippen LogP contribution in [0.4, 0.5) is 0 Å². The molecule has 0 aliphatic carbocycles. The van der Waals surface area contributed by atoms with Gasteiger partial charge in [-0.3, -0.25) is 0 Å². The Morgan fingerprint density at radius 2 is 1.62 bits per heavy atom. The predicted octanol–water partition coefficient (Wildman–Crippen LogP) is 3.52. The van der Waals surface area contributed by atoms with Gasteiger partial charge in [-0.2, -0.15) is 0 Å². The molecule has 0 unspecified atom stereocenters. The summed E-state index contributed by atoms with van der Waals surface area (Å²) in [6.45, 7) is 0. The van der Waals surface area contributed by atoms with Crippen molar-refractivity contribution >= 4 is 36.7 Å². The Bertz CT molecular complexity index is 494. The first-order chi connectivity index (χ1) is 7.70. The van der Waals surface area contributed by atoms with Gasteiger partial charge in [0, 0.05) is 9.92 Å². The van der Waals surface area contributed by atoms with Gasteiger partial charge in [-0.1, -0.05) is 41.3 Å². The lowest BCUT2D eigenvalue weighted by atomic mass is 9.93. The van der Waals surface area contributed by atoms with E-state index in [2.05, 4.69) is 6.07 Å². The molecule has 0 aliphatic heterocycles. The summed E-state index contributed by atoms with van der Waals surface area (Å²) < 4.78 is 0. The Hall–Kier alpha value is -0.855. The Kier molecular flexibility index (Phi) is 3.62. The average Bonchev–Trinajstić information content (AvgIpc) is 2.31. The quantitative estimate of drug-likeness (QED) is 0.575. The molecule has 2 aromatic carbocycles. The second-order valence-electron chi connectivity index (χ2n) is 3.46. The van der Waals surface area contributed by atoms with E-state index in [1.807, 2.05) is 42.7 Å². The molecule has 0 amide bonds. The minimum Gasteiger partial charge on any atom is -0.130 e. The van der Waals surface area contributed by atoms with Crippen molar-refractivity contribution in [1.82, 2.24) is 0 Å². The van der Waals surface area contributed by atoms with E-state index in [0.29, 0.717) is 0 Å². The Balaban J connectivity index is 2.44. The molecular weight excluding hydrogens is 234 g/mol. The van der Waals surface area contributed by atoms with E-state index < -0.39 is 0 Å². The zero-order valence-electron chi connectivity index (χ0n) is 8.91. The van der Waals surface area contributed by atoms with Gasteiger partial charge in [-0.15, -0.1) is 11.8 Å². The molecule has 16 heavy (non-hydrogen) atoms. The van der Waals surface area contributed by atoms with Gasteiger partial charge in [0.05, 0.1) is 0 Å².